The third-order valence-electron chi connectivity index (χ3n) is 8.56. The number of hydrogen-bond acceptors (Lipinski definition) is 5. The second-order valence-electron chi connectivity index (χ2n) is 11.9. The zero-order valence-corrected chi connectivity index (χ0v) is 24.1. The van der Waals surface area contributed by atoms with E-state index in [2.05, 4.69) is 5.32 Å². The topological polar surface area (TPSA) is 101 Å². The van der Waals surface area contributed by atoms with Crippen LogP contribution in [0.5, 0.6) is 0 Å². The van der Waals surface area contributed by atoms with E-state index in [1.165, 1.54) is 25.7 Å². The van der Waals surface area contributed by atoms with Crippen LogP contribution in [0.25, 0.3) is 0 Å². The van der Waals surface area contributed by atoms with Gasteiger partial charge in [-0.15, -0.1) is 0 Å². The first kappa shape index (κ1) is 29.2. The Balaban J connectivity index is 1.52. The van der Waals surface area contributed by atoms with Gasteiger partial charge in [0.05, 0.1) is 6.61 Å². The van der Waals surface area contributed by atoms with Gasteiger partial charge in [0.25, 0.3) is 11.5 Å². The SMILES string of the molecule is CCOC(=O)N1CCN(C(=O)C(C)(C)NC(=O)c2cc3c(n(CC4CCCCC4)c2=O)CCCCCC3)CC1. The number of pyridine rings is 1. The minimum Gasteiger partial charge on any atom is -0.450 e. The van der Waals surface area contributed by atoms with E-state index >= 15 is 0 Å². The Hall–Kier alpha value is -2.84. The molecule has 1 N–H and O–H groups in total. The summed E-state index contributed by atoms with van der Waals surface area (Å²) in [5.41, 5.74) is 0.918. The molecular weight excluding hydrogens is 496 g/mol. The fraction of sp³-hybridized carbons (Fsp3) is 0.733. The normalized spacial score (nSPS) is 19.1. The van der Waals surface area contributed by atoms with Crippen LogP contribution in [0.3, 0.4) is 0 Å². The van der Waals surface area contributed by atoms with E-state index in [0.717, 1.165) is 56.2 Å². The quantitative estimate of drug-likeness (QED) is 0.588. The van der Waals surface area contributed by atoms with Gasteiger partial charge in [0.2, 0.25) is 5.91 Å². The molecule has 9 heteroatoms. The minimum absolute atomic E-state index is 0.137. The number of amides is 3. The monoisotopic (exact) mass is 542 g/mol. The Kier molecular flexibility index (Phi) is 9.72. The zero-order valence-electron chi connectivity index (χ0n) is 24.1. The predicted octanol–water partition coefficient (Wildman–Crippen LogP) is 3.90. The fourth-order valence-electron chi connectivity index (χ4n) is 6.32. The van der Waals surface area contributed by atoms with Crippen molar-refractivity contribution in [2.24, 2.45) is 5.92 Å². The Morgan fingerprint density at radius 1 is 0.923 bits per heavy atom. The first-order chi connectivity index (χ1) is 18.7. The van der Waals surface area contributed by atoms with Crippen molar-refractivity contribution in [1.82, 2.24) is 19.7 Å². The van der Waals surface area contributed by atoms with Gasteiger partial charge in [0.15, 0.2) is 0 Å². The lowest BCUT2D eigenvalue weighted by Crippen LogP contribution is -2.60. The van der Waals surface area contributed by atoms with E-state index in [9.17, 15) is 19.2 Å². The molecule has 216 valence electrons. The molecule has 2 fully saturated rings. The third-order valence-corrected chi connectivity index (χ3v) is 8.56. The number of nitrogens with zero attached hydrogens (tertiary/aromatic N) is 3. The van der Waals surface area contributed by atoms with Crippen LogP contribution in [0, 0.1) is 5.92 Å². The van der Waals surface area contributed by atoms with Crippen molar-refractivity contribution in [3.63, 3.8) is 0 Å². The maximum Gasteiger partial charge on any atom is 0.409 e. The lowest BCUT2D eigenvalue weighted by atomic mass is 9.88. The number of aryl methyl sites for hydroxylation is 1. The average molecular weight is 543 g/mol. The highest BCUT2D eigenvalue weighted by atomic mass is 16.6. The molecule has 1 saturated carbocycles. The summed E-state index contributed by atoms with van der Waals surface area (Å²) >= 11 is 0. The molecule has 39 heavy (non-hydrogen) atoms. The molecule has 1 aliphatic heterocycles. The van der Waals surface area contributed by atoms with Crippen LogP contribution in [0.4, 0.5) is 4.79 Å². The largest absolute Gasteiger partial charge is 0.450 e. The van der Waals surface area contributed by atoms with Crippen LogP contribution < -0.4 is 10.9 Å². The lowest BCUT2D eigenvalue weighted by Gasteiger charge is -2.38. The Morgan fingerprint density at radius 3 is 2.21 bits per heavy atom. The van der Waals surface area contributed by atoms with Gasteiger partial charge in [-0.2, -0.15) is 0 Å². The van der Waals surface area contributed by atoms with E-state index in [1.807, 2.05) is 4.57 Å². The van der Waals surface area contributed by atoms with Gasteiger partial charge in [-0.1, -0.05) is 32.1 Å². The van der Waals surface area contributed by atoms with E-state index in [-0.39, 0.29) is 23.1 Å². The number of ether oxygens (including phenoxy) is 1. The molecule has 3 amide bonds. The fourth-order valence-corrected chi connectivity index (χ4v) is 6.32. The molecule has 9 nitrogen and oxygen atoms in total. The Bertz CT molecular complexity index is 1100. The molecule has 2 aliphatic carbocycles. The van der Waals surface area contributed by atoms with E-state index in [1.54, 1.807) is 36.6 Å². The summed E-state index contributed by atoms with van der Waals surface area (Å²) in [6.07, 6.45) is 11.7. The van der Waals surface area contributed by atoms with E-state index in [4.69, 9.17) is 4.74 Å². The lowest BCUT2D eigenvalue weighted by molar-refractivity contribution is -0.138. The first-order valence-electron chi connectivity index (χ1n) is 15.0. The van der Waals surface area contributed by atoms with Crippen molar-refractivity contribution in [2.75, 3.05) is 32.8 Å². The average Bonchev–Trinajstić information content (AvgIpc) is 2.91. The van der Waals surface area contributed by atoms with Gasteiger partial charge in [-0.05, 0) is 76.8 Å². The minimum atomic E-state index is -1.20. The molecule has 0 radical (unpaired) electrons. The first-order valence-corrected chi connectivity index (χ1v) is 15.0. The highest BCUT2D eigenvalue weighted by Gasteiger charge is 2.37. The van der Waals surface area contributed by atoms with Gasteiger partial charge in [0.1, 0.15) is 11.1 Å². The second-order valence-corrected chi connectivity index (χ2v) is 11.9. The number of carbonyl (C=O) groups excluding carboxylic acids is 3. The summed E-state index contributed by atoms with van der Waals surface area (Å²) in [5, 5.41) is 2.88. The van der Waals surface area contributed by atoms with Crippen molar-refractivity contribution in [2.45, 2.75) is 103 Å². The van der Waals surface area contributed by atoms with Crippen molar-refractivity contribution in [3.05, 3.63) is 33.2 Å². The van der Waals surface area contributed by atoms with Gasteiger partial charge in [-0.3, -0.25) is 14.4 Å². The van der Waals surface area contributed by atoms with Crippen LogP contribution in [0.2, 0.25) is 0 Å². The molecule has 0 aromatic carbocycles. The van der Waals surface area contributed by atoms with Crippen LogP contribution >= 0.6 is 0 Å². The molecule has 1 aromatic heterocycles. The van der Waals surface area contributed by atoms with E-state index in [0.29, 0.717) is 45.2 Å². The summed E-state index contributed by atoms with van der Waals surface area (Å²) in [4.78, 5) is 56.1. The van der Waals surface area contributed by atoms with Crippen LogP contribution in [-0.4, -0.2) is 70.6 Å². The molecule has 2 heterocycles. The summed E-state index contributed by atoms with van der Waals surface area (Å²) in [6.45, 7) is 7.60. The van der Waals surface area contributed by atoms with Gasteiger partial charge >= 0.3 is 6.09 Å². The number of rotatable bonds is 6. The second kappa shape index (κ2) is 13.0. The number of fused-ring (bicyclic) bond motifs is 1. The van der Waals surface area contributed by atoms with Gasteiger partial charge in [0, 0.05) is 38.4 Å². The van der Waals surface area contributed by atoms with Crippen molar-refractivity contribution >= 4 is 17.9 Å². The molecule has 0 bridgehead atoms. The molecule has 0 atom stereocenters. The Morgan fingerprint density at radius 2 is 1.54 bits per heavy atom. The summed E-state index contributed by atoms with van der Waals surface area (Å²) < 4.78 is 6.98. The summed E-state index contributed by atoms with van der Waals surface area (Å²) in [6, 6.07) is 1.80. The maximum absolute atomic E-state index is 13.8. The third kappa shape index (κ3) is 7.03. The highest BCUT2D eigenvalue weighted by Crippen LogP contribution is 2.27. The highest BCUT2D eigenvalue weighted by molar-refractivity contribution is 5.99. The molecular formula is C30H46N4O5. The summed E-state index contributed by atoms with van der Waals surface area (Å²) in [5.74, 6) is -0.255. The maximum atomic E-state index is 13.8. The molecule has 4 rings (SSSR count). The van der Waals surface area contributed by atoms with Crippen molar-refractivity contribution in [3.8, 4) is 0 Å². The number of hydrogen-bond donors (Lipinski definition) is 1. The van der Waals surface area contributed by atoms with Crippen molar-refractivity contribution in [1.29, 1.82) is 0 Å². The number of carbonyl (C=O) groups is 3. The Labute approximate surface area is 232 Å². The number of nitrogens with one attached hydrogen (secondary N) is 1. The van der Waals surface area contributed by atoms with Crippen LogP contribution in [0.1, 0.15) is 100 Å². The van der Waals surface area contributed by atoms with Gasteiger partial charge in [-0.25, -0.2) is 4.79 Å². The number of aromatic nitrogens is 1. The molecule has 3 aliphatic rings. The molecule has 0 unspecified atom stereocenters. The van der Waals surface area contributed by atoms with E-state index < -0.39 is 11.4 Å². The summed E-state index contributed by atoms with van der Waals surface area (Å²) in [7, 11) is 0. The smallest absolute Gasteiger partial charge is 0.409 e. The predicted molar refractivity (Wildman–Crippen MR) is 150 cm³/mol. The van der Waals surface area contributed by atoms with Crippen molar-refractivity contribution < 1.29 is 19.1 Å². The van der Waals surface area contributed by atoms with Crippen LogP contribution in [0.15, 0.2) is 10.9 Å². The van der Waals surface area contributed by atoms with Crippen LogP contribution in [-0.2, 0) is 28.9 Å². The molecule has 1 aromatic rings. The molecule has 0 spiro atoms. The zero-order chi connectivity index (χ0) is 28.0. The van der Waals surface area contributed by atoms with Gasteiger partial charge < -0.3 is 24.4 Å². The molecule has 1 saturated heterocycles. The standard InChI is InChI=1S/C30H46N4O5/c1-4-39-29(38)33-18-16-32(17-19-33)28(37)30(2,3)31-26(35)24-20-23-14-10-5-6-11-15-25(23)34(27(24)36)21-22-12-8-7-9-13-22/h20,22H,4-19,21H2,1-3H3,(H,31,35). The number of piperazine rings is 1.